The van der Waals surface area contributed by atoms with Gasteiger partial charge in [-0.1, -0.05) is 30.3 Å². The first-order valence-corrected chi connectivity index (χ1v) is 8.13. The SMILES string of the molecule is COc1cccc(CC(=O)Nc2c(C)nn(-c3ccccc3)c2C)c1. The molecular weight excluding hydrogens is 314 g/mol. The number of methoxy groups -OCH3 is 1. The highest BCUT2D eigenvalue weighted by atomic mass is 16.5. The third-order valence-corrected chi connectivity index (χ3v) is 4.06. The van der Waals surface area contributed by atoms with Crippen molar-refractivity contribution in [3.05, 3.63) is 71.5 Å². The maximum atomic E-state index is 12.4. The summed E-state index contributed by atoms with van der Waals surface area (Å²) in [6.45, 7) is 3.85. The molecule has 1 aromatic heterocycles. The molecule has 0 saturated carbocycles. The lowest BCUT2D eigenvalue weighted by Crippen LogP contribution is -2.15. The van der Waals surface area contributed by atoms with Crippen LogP contribution in [0.15, 0.2) is 54.6 Å². The molecule has 3 rings (SSSR count). The number of hydrogen-bond donors (Lipinski definition) is 1. The summed E-state index contributed by atoms with van der Waals surface area (Å²) in [7, 11) is 1.61. The van der Waals surface area contributed by atoms with E-state index in [-0.39, 0.29) is 12.3 Å². The topological polar surface area (TPSA) is 56.1 Å². The summed E-state index contributed by atoms with van der Waals surface area (Å²) in [6.07, 6.45) is 0.284. The van der Waals surface area contributed by atoms with Gasteiger partial charge >= 0.3 is 0 Å². The highest BCUT2D eigenvalue weighted by molar-refractivity contribution is 5.93. The number of rotatable bonds is 5. The van der Waals surface area contributed by atoms with Crippen molar-refractivity contribution in [3.63, 3.8) is 0 Å². The molecule has 1 N–H and O–H groups in total. The Hall–Kier alpha value is -3.08. The molecule has 0 saturated heterocycles. The van der Waals surface area contributed by atoms with Crippen molar-refractivity contribution < 1.29 is 9.53 Å². The van der Waals surface area contributed by atoms with E-state index < -0.39 is 0 Å². The van der Waals surface area contributed by atoms with E-state index in [1.54, 1.807) is 7.11 Å². The second-order valence-electron chi connectivity index (χ2n) is 5.87. The molecule has 2 aromatic carbocycles. The van der Waals surface area contributed by atoms with Gasteiger partial charge in [-0.25, -0.2) is 4.68 Å². The molecule has 0 bridgehead atoms. The van der Waals surface area contributed by atoms with Crippen LogP contribution in [0.5, 0.6) is 5.75 Å². The van der Waals surface area contributed by atoms with Gasteiger partial charge in [0.05, 0.1) is 36.3 Å². The Balaban J connectivity index is 1.78. The van der Waals surface area contributed by atoms with E-state index in [1.807, 2.05) is 73.1 Å². The molecule has 1 amide bonds. The minimum atomic E-state index is -0.0768. The Morgan fingerprint density at radius 2 is 1.88 bits per heavy atom. The zero-order valence-electron chi connectivity index (χ0n) is 14.6. The van der Waals surface area contributed by atoms with Gasteiger partial charge in [-0.2, -0.15) is 5.10 Å². The molecule has 0 unspecified atom stereocenters. The number of nitrogens with zero attached hydrogens (tertiary/aromatic N) is 2. The number of aromatic nitrogens is 2. The molecule has 5 heteroatoms. The van der Waals surface area contributed by atoms with Gasteiger partial charge in [-0.3, -0.25) is 4.79 Å². The Labute approximate surface area is 147 Å². The number of anilines is 1. The molecule has 0 aliphatic heterocycles. The zero-order chi connectivity index (χ0) is 17.8. The summed E-state index contributed by atoms with van der Waals surface area (Å²) in [5, 5.41) is 7.54. The lowest BCUT2D eigenvalue weighted by atomic mass is 10.1. The zero-order valence-corrected chi connectivity index (χ0v) is 14.6. The van der Waals surface area contributed by atoms with Crippen molar-refractivity contribution >= 4 is 11.6 Å². The van der Waals surface area contributed by atoms with Gasteiger partial charge in [0.15, 0.2) is 0 Å². The van der Waals surface area contributed by atoms with Crippen LogP contribution in [0.2, 0.25) is 0 Å². The van der Waals surface area contributed by atoms with Gasteiger partial charge in [0, 0.05) is 0 Å². The minimum absolute atomic E-state index is 0.0768. The first kappa shape index (κ1) is 16.8. The smallest absolute Gasteiger partial charge is 0.228 e. The summed E-state index contributed by atoms with van der Waals surface area (Å²) in [6, 6.07) is 17.4. The molecule has 0 spiro atoms. The second-order valence-corrected chi connectivity index (χ2v) is 5.87. The van der Waals surface area contributed by atoms with Gasteiger partial charge in [0.2, 0.25) is 5.91 Å². The average Bonchev–Trinajstić information content (AvgIpc) is 2.91. The minimum Gasteiger partial charge on any atom is -0.497 e. The van der Waals surface area contributed by atoms with E-state index in [0.717, 1.165) is 34.1 Å². The van der Waals surface area contributed by atoms with Crippen molar-refractivity contribution in [2.45, 2.75) is 20.3 Å². The molecule has 0 aliphatic carbocycles. The number of para-hydroxylation sites is 1. The summed E-state index contributed by atoms with van der Waals surface area (Å²) >= 11 is 0. The van der Waals surface area contributed by atoms with Gasteiger partial charge in [0.1, 0.15) is 5.75 Å². The number of aryl methyl sites for hydroxylation is 1. The van der Waals surface area contributed by atoms with Crippen molar-refractivity contribution in [1.29, 1.82) is 0 Å². The van der Waals surface area contributed by atoms with Crippen LogP contribution in [0.3, 0.4) is 0 Å². The van der Waals surface area contributed by atoms with Crippen LogP contribution in [0.1, 0.15) is 17.0 Å². The third-order valence-electron chi connectivity index (χ3n) is 4.06. The number of amides is 1. The predicted octanol–water partition coefficient (Wildman–Crippen LogP) is 3.68. The maximum Gasteiger partial charge on any atom is 0.228 e. The van der Waals surface area contributed by atoms with Gasteiger partial charge in [-0.05, 0) is 43.7 Å². The lowest BCUT2D eigenvalue weighted by molar-refractivity contribution is -0.115. The first-order valence-electron chi connectivity index (χ1n) is 8.13. The fourth-order valence-corrected chi connectivity index (χ4v) is 2.80. The van der Waals surface area contributed by atoms with Crippen molar-refractivity contribution in [2.75, 3.05) is 12.4 Å². The molecule has 25 heavy (non-hydrogen) atoms. The van der Waals surface area contributed by atoms with Crippen LogP contribution in [0.4, 0.5) is 5.69 Å². The van der Waals surface area contributed by atoms with Gasteiger partial charge in [-0.15, -0.1) is 0 Å². The molecule has 0 radical (unpaired) electrons. The Morgan fingerprint density at radius 1 is 1.12 bits per heavy atom. The van der Waals surface area contributed by atoms with Crippen LogP contribution in [-0.4, -0.2) is 22.8 Å². The normalized spacial score (nSPS) is 10.5. The van der Waals surface area contributed by atoms with Gasteiger partial charge < -0.3 is 10.1 Å². The highest BCUT2D eigenvalue weighted by Gasteiger charge is 2.15. The van der Waals surface area contributed by atoms with Crippen molar-refractivity contribution in [3.8, 4) is 11.4 Å². The van der Waals surface area contributed by atoms with Crippen LogP contribution < -0.4 is 10.1 Å². The summed E-state index contributed by atoms with van der Waals surface area (Å²) in [5.74, 6) is 0.668. The Bertz CT molecular complexity index is 885. The fourth-order valence-electron chi connectivity index (χ4n) is 2.80. The van der Waals surface area contributed by atoms with E-state index in [9.17, 15) is 4.79 Å². The van der Waals surface area contributed by atoms with Gasteiger partial charge in [0.25, 0.3) is 0 Å². The monoisotopic (exact) mass is 335 g/mol. The molecule has 3 aromatic rings. The Morgan fingerprint density at radius 3 is 2.60 bits per heavy atom. The summed E-state index contributed by atoms with van der Waals surface area (Å²) in [4.78, 5) is 12.4. The van der Waals surface area contributed by atoms with E-state index in [2.05, 4.69) is 10.4 Å². The van der Waals surface area contributed by atoms with E-state index in [4.69, 9.17) is 4.74 Å². The second kappa shape index (κ2) is 7.21. The van der Waals surface area contributed by atoms with E-state index in [0.29, 0.717) is 0 Å². The van der Waals surface area contributed by atoms with E-state index in [1.165, 1.54) is 0 Å². The number of carbonyl (C=O) groups is 1. The lowest BCUT2D eigenvalue weighted by Gasteiger charge is -2.08. The number of carbonyl (C=O) groups excluding carboxylic acids is 1. The predicted molar refractivity (Wildman–Crippen MR) is 98.4 cm³/mol. The number of hydrogen-bond acceptors (Lipinski definition) is 3. The summed E-state index contributed by atoms with van der Waals surface area (Å²) < 4.78 is 7.04. The molecule has 5 nitrogen and oxygen atoms in total. The molecule has 0 atom stereocenters. The molecule has 0 aliphatic rings. The average molecular weight is 335 g/mol. The van der Waals surface area contributed by atoms with Crippen LogP contribution >= 0.6 is 0 Å². The molecule has 0 fully saturated rings. The number of ether oxygens (including phenoxy) is 1. The first-order chi connectivity index (χ1) is 12.1. The molecular formula is C20H21N3O2. The third kappa shape index (κ3) is 3.71. The van der Waals surface area contributed by atoms with Crippen molar-refractivity contribution in [1.82, 2.24) is 9.78 Å². The quantitative estimate of drug-likeness (QED) is 0.774. The van der Waals surface area contributed by atoms with Crippen LogP contribution in [0.25, 0.3) is 5.69 Å². The fraction of sp³-hybridized carbons (Fsp3) is 0.200. The maximum absolute atomic E-state index is 12.4. The Kier molecular flexibility index (Phi) is 4.84. The van der Waals surface area contributed by atoms with E-state index >= 15 is 0 Å². The van der Waals surface area contributed by atoms with Crippen LogP contribution in [-0.2, 0) is 11.2 Å². The highest BCUT2D eigenvalue weighted by Crippen LogP contribution is 2.23. The molecule has 1 heterocycles. The van der Waals surface area contributed by atoms with Crippen molar-refractivity contribution in [2.24, 2.45) is 0 Å². The summed E-state index contributed by atoms with van der Waals surface area (Å²) in [5.41, 5.74) is 4.33. The molecule has 128 valence electrons. The standard InChI is InChI=1S/C20H21N3O2/c1-14-20(15(2)23(22-14)17-9-5-4-6-10-17)21-19(24)13-16-8-7-11-18(12-16)25-3/h4-12H,13H2,1-3H3,(H,21,24). The number of nitrogens with one attached hydrogen (secondary N) is 1. The number of benzene rings is 2. The van der Waals surface area contributed by atoms with Crippen LogP contribution in [0, 0.1) is 13.8 Å². The largest absolute Gasteiger partial charge is 0.497 e.